The van der Waals surface area contributed by atoms with Crippen molar-refractivity contribution in [3.63, 3.8) is 0 Å². The first-order valence-corrected chi connectivity index (χ1v) is 7.54. The first-order valence-electron chi connectivity index (χ1n) is 6.37. The number of aromatic nitrogens is 2. The van der Waals surface area contributed by atoms with Crippen LogP contribution in [0, 0.1) is 0 Å². The summed E-state index contributed by atoms with van der Waals surface area (Å²) in [7, 11) is 1.96. The lowest BCUT2D eigenvalue weighted by Gasteiger charge is -2.18. The monoisotopic (exact) mass is 365 g/mol. The van der Waals surface area contributed by atoms with E-state index in [2.05, 4.69) is 26.2 Å². The fraction of sp³-hybridized carbons (Fsp3) is 0.133. The lowest BCUT2D eigenvalue weighted by atomic mass is 10.2. The summed E-state index contributed by atoms with van der Waals surface area (Å²) in [4.78, 5) is 4.41. The molecule has 3 rings (SSSR count). The zero-order valence-corrected chi connectivity index (χ0v) is 13.6. The van der Waals surface area contributed by atoms with Crippen LogP contribution in [0.3, 0.4) is 0 Å². The summed E-state index contributed by atoms with van der Waals surface area (Å²) in [6.45, 7) is 0. The van der Waals surface area contributed by atoms with Crippen molar-refractivity contribution in [3.8, 4) is 0 Å². The Morgan fingerprint density at radius 1 is 1.38 bits per heavy atom. The summed E-state index contributed by atoms with van der Waals surface area (Å²) in [6, 6.07) is 9.31. The van der Waals surface area contributed by atoms with Crippen molar-refractivity contribution in [2.24, 2.45) is 7.05 Å². The third-order valence-corrected chi connectivity index (χ3v) is 4.39. The molecule has 1 atom stereocenters. The van der Waals surface area contributed by atoms with Gasteiger partial charge in [-0.25, -0.2) is 4.98 Å². The van der Waals surface area contributed by atoms with Gasteiger partial charge in [-0.3, -0.25) is 0 Å². The smallest absolute Gasteiger partial charge is 0.143 e. The second-order valence-electron chi connectivity index (χ2n) is 4.62. The van der Waals surface area contributed by atoms with E-state index in [0.29, 0.717) is 5.02 Å². The summed E-state index contributed by atoms with van der Waals surface area (Å²) < 4.78 is 8.35. The first kappa shape index (κ1) is 14.2. The van der Waals surface area contributed by atoms with E-state index >= 15 is 0 Å². The number of hydrogen-bond donors (Lipinski definition) is 1. The lowest BCUT2D eigenvalue weighted by Crippen LogP contribution is -2.16. The summed E-state index contributed by atoms with van der Waals surface area (Å²) in [5.74, 6) is 1.67. The van der Waals surface area contributed by atoms with Gasteiger partial charge in [-0.1, -0.05) is 11.6 Å². The molecular weight excluding hydrogens is 354 g/mol. The number of nitrogens with one attached hydrogen (secondary N) is 1. The molecule has 0 bridgehead atoms. The molecule has 0 aliphatic carbocycles. The molecule has 1 N–H and O–H groups in total. The van der Waals surface area contributed by atoms with E-state index in [9.17, 15) is 0 Å². The third kappa shape index (κ3) is 2.99. The quantitative estimate of drug-likeness (QED) is 0.732. The number of hydrogen-bond acceptors (Lipinski definition) is 3. The maximum absolute atomic E-state index is 6.03. The number of rotatable bonds is 4. The van der Waals surface area contributed by atoms with Gasteiger partial charge in [-0.15, -0.1) is 0 Å². The predicted octanol–water partition coefficient (Wildman–Crippen LogP) is 4.63. The van der Waals surface area contributed by atoms with Crippen molar-refractivity contribution in [1.82, 2.24) is 9.55 Å². The number of nitrogens with zero attached hydrogens (tertiary/aromatic N) is 2. The topological polar surface area (TPSA) is 43.0 Å². The van der Waals surface area contributed by atoms with Crippen LogP contribution < -0.4 is 5.32 Å². The molecule has 0 radical (unpaired) electrons. The average Bonchev–Trinajstić information content (AvgIpc) is 3.12. The van der Waals surface area contributed by atoms with Gasteiger partial charge in [0.15, 0.2) is 0 Å². The van der Waals surface area contributed by atoms with E-state index in [0.717, 1.165) is 21.7 Å². The van der Waals surface area contributed by atoms with E-state index in [4.69, 9.17) is 16.0 Å². The average molecular weight is 367 g/mol. The number of anilines is 1. The van der Waals surface area contributed by atoms with Crippen molar-refractivity contribution >= 4 is 33.2 Å². The number of furan rings is 1. The Bertz CT molecular complexity index is 739. The van der Waals surface area contributed by atoms with E-state index < -0.39 is 0 Å². The highest BCUT2D eigenvalue weighted by molar-refractivity contribution is 9.10. The van der Waals surface area contributed by atoms with Crippen LogP contribution in [0.15, 0.2) is 57.9 Å². The molecule has 0 fully saturated rings. The van der Waals surface area contributed by atoms with E-state index in [1.54, 1.807) is 12.5 Å². The van der Waals surface area contributed by atoms with Gasteiger partial charge >= 0.3 is 0 Å². The highest BCUT2D eigenvalue weighted by Gasteiger charge is 2.21. The number of aryl methyl sites for hydroxylation is 1. The van der Waals surface area contributed by atoms with Crippen molar-refractivity contribution in [1.29, 1.82) is 0 Å². The normalized spacial score (nSPS) is 12.3. The fourth-order valence-electron chi connectivity index (χ4n) is 2.13. The van der Waals surface area contributed by atoms with Gasteiger partial charge in [-0.2, -0.15) is 0 Å². The summed E-state index contributed by atoms with van der Waals surface area (Å²) in [6.07, 6.45) is 5.33. The molecule has 0 aliphatic heterocycles. The highest BCUT2D eigenvalue weighted by Crippen LogP contribution is 2.30. The molecule has 0 saturated heterocycles. The molecule has 6 heteroatoms. The van der Waals surface area contributed by atoms with E-state index in [1.165, 1.54) is 0 Å². The number of halogens is 2. The summed E-state index contributed by atoms with van der Waals surface area (Å²) in [5.41, 5.74) is 0.927. The van der Waals surface area contributed by atoms with Crippen LogP contribution in [0.4, 0.5) is 5.69 Å². The summed E-state index contributed by atoms with van der Waals surface area (Å²) in [5, 5.41) is 4.10. The van der Waals surface area contributed by atoms with E-state index in [1.807, 2.05) is 48.1 Å². The Labute approximate surface area is 135 Å². The standard InChI is InChI=1S/C15H13BrClN3O/c1-20-7-6-18-15(20)14(13-3-2-8-21-13)19-10-4-5-12(17)11(16)9-10/h2-9,14,19H,1H3. The second-order valence-corrected chi connectivity index (χ2v) is 5.88. The zero-order valence-electron chi connectivity index (χ0n) is 11.3. The second kappa shape index (κ2) is 5.95. The van der Waals surface area contributed by atoms with Gasteiger partial charge in [0, 0.05) is 29.6 Å². The Hall–Kier alpha value is -1.72. The van der Waals surface area contributed by atoms with Crippen molar-refractivity contribution in [3.05, 3.63) is 70.1 Å². The Morgan fingerprint density at radius 2 is 2.24 bits per heavy atom. The van der Waals surface area contributed by atoms with Gasteiger partial charge in [0.2, 0.25) is 0 Å². The molecule has 1 aromatic carbocycles. The first-order chi connectivity index (χ1) is 10.1. The minimum atomic E-state index is -0.173. The lowest BCUT2D eigenvalue weighted by molar-refractivity contribution is 0.488. The number of benzene rings is 1. The molecule has 2 aromatic heterocycles. The van der Waals surface area contributed by atoms with Crippen LogP contribution in [0.5, 0.6) is 0 Å². The SMILES string of the molecule is Cn1ccnc1C(Nc1ccc(Cl)c(Br)c1)c1ccco1. The van der Waals surface area contributed by atoms with E-state index in [-0.39, 0.29) is 6.04 Å². The Balaban J connectivity index is 1.97. The van der Waals surface area contributed by atoms with Crippen molar-refractivity contribution < 1.29 is 4.42 Å². The van der Waals surface area contributed by atoms with Gasteiger partial charge in [0.25, 0.3) is 0 Å². The van der Waals surface area contributed by atoms with Gasteiger partial charge in [-0.05, 0) is 46.3 Å². The largest absolute Gasteiger partial charge is 0.467 e. The molecule has 0 saturated carbocycles. The maximum atomic E-state index is 6.03. The predicted molar refractivity (Wildman–Crippen MR) is 86.5 cm³/mol. The van der Waals surface area contributed by atoms with Crippen LogP contribution >= 0.6 is 27.5 Å². The van der Waals surface area contributed by atoms with Crippen molar-refractivity contribution in [2.75, 3.05) is 5.32 Å². The molecule has 2 heterocycles. The molecular formula is C15H13BrClN3O. The third-order valence-electron chi connectivity index (χ3n) is 3.17. The number of imidazole rings is 1. The molecule has 21 heavy (non-hydrogen) atoms. The summed E-state index contributed by atoms with van der Waals surface area (Å²) >= 11 is 9.46. The zero-order chi connectivity index (χ0) is 14.8. The molecule has 4 nitrogen and oxygen atoms in total. The molecule has 0 amide bonds. The van der Waals surface area contributed by atoms with Gasteiger partial charge < -0.3 is 14.3 Å². The minimum absolute atomic E-state index is 0.173. The maximum Gasteiger partial charge on any atom is 0.143 e. The van der Waals surface area contributed by atoms with Gasteiger partial charge in [0.1, 0.15) is 17.6 Å². The molecule has 0 spiro atoms. The Morgan fingerprint density at radius 3 is 2.86 bits per heavy atom. The molecule has 108 valence electrons. The fourth-order valence-corrected chi connectivity index (χ4v) is 2.62. The van der Waals surface area contributed by atoms with Crippen LogP contribution in [-0.2, 0) is 7.05 Å². The highest BCUT2D eigenvalue weighted by atomic mass is 79.9. The van der Waals surface area contributed by atoms with Crippen LogP contribution in [0.25, 0.3) is 0 Å². The van der Waals surface area contributed by atoms with Crippen LogP contribution in [-0.4, -0.2) is 9.55 Å². The molecule has 0 aliphatic rings. The molecule has 3 aromatic rings. The molecule has 1 unspecified atom stereocenters. The minimum Gasteiger partial charge on any atom is -0.467 e. The Kier molecular flexibility index (Phi) is 4.03. The van der Waals surface area contributed by atoms with Crippen LogP contribution in [0.2, 0.25) is 5.02 Å². The van der Waals surface area contributed by atoms with Crippen LogP contribution in [0.1, 0.15) is 17.6 Å². The van der Waals surface area contributed by atoms with Gasteiger partial charge in [0.05, 0.1) is 11.3 Å². The van der Waals surface area contributed by atoms with Crippen molar-refractivity contribution in [2.45, 2.75) is 6.04 Å².